The summed E-state index contributed by atoms with van der Waals surface area (Å²) in [6.45, 7) is 0.0950. The van der Waals surface area contributed by atoms with Crippen molar-refractivity contribution in [1.82, 2.24) is 0 Å². The number of sulfonamides is 1. The summed E-state index contributed by atoms with van der Waals surface area (Å²) < 4.78 is 28.5. The van der Waals surface area contributed by atoms with Crippen LogP contribution in [-0.2, 0) is 16.6 Å². The molecule has 0 spiro atoms. The number of primary amides is 1. The number of hydrogen-bond donors (Lipinski definition) is 2. The van der Waals surface area contributed by atoms with E-state index in [-0.39, 0.29) is 17.0 Å². The molecule has 8 heteroatoms. The Hall–Kier alpha value is -4.43. The fourth-order valence-electron chi connectivity index (χ4n) is 3.51. The van der Waals surface area contributed by atoms with Crippen LogP contribution in [-0.4, -0.2) is 20.2 Å². The van der Waals surface area contributed by atoms with E-state index in [2.05, 4.69) is 5.32 Å². The number of hydrogen-bond acceptors (Lipinski definition) is 4. The molecule has 4 aromatic carbocycles. The molecule has 4 aromatic rings. The van der Waals surface area contributed by atoms with Crippen molar-refractivity contribution < 1.29 is 18.0 Å². The van der Waals surface area contributed by atoms with Gasteiger partial charge in [0.2, 0.25) is 5.91 Å². The minimum Gasteiger partial charge on any atom is -0.366 e. The summed E-state index contributed by atoms with van der Waals surface area (Å²) in [6.07, 6.45) is 0. The van der Waals surface area contributed by atoms with E-state index in [1.807, 2.05) is 30.3 Å². The Balaban J connectivity index is 1.66. The van der Waals surface area contributed by atoms with Gasteiger partial charge in [0.25, 0.3) is 15.9 Å². The second kappa shape index (κ2) is 10.2. The maximum Gasteiger partial charge on any atom is 0.264 e. The second-order valence-corrected chi connectivity index (χ2v) is 9.62. The van der Waals surface area contributed by atoms with Gasteiger partial charge in [-0.1, -0.05) is 54.6 Å². The van der Waals surface area contributed by atoms with Crippen molar-refractivity contribution in [2.75, 3.05) is 9.62 Å². The smallest absolute Gasteiger partial charge is 0.264 e. The molecule has 4 rings (SSSR count). The second-order valence-electron chi connectivity index (χ2n) is 7.76. The molecule has 0 aliphatic carbocycles. The normalized spacial score (nSPS) is 11.0. The van der Waals surface area contributed by atoms with Gasteiger partial charge in [0.1, 0.15) is 0 Å². The van der Waals surface area contributed by atoms with Crippen LogP contribution < -0.4 is 15.4 Å². The largest absolute Gasteiger partial charge is 0.366 e. The summed E-state index contributed by atoms with van der Waals surface area (Å²) in [4.78, 5) is 24.3. The van der Waals surface area contributed by atoms with Gasteiger partial charge in [-0.25, -0.2) is 8.42 Å². The van der Waals surface area contributed by atoms with Gasteiger partial charge in [-0.3, -0.25) is 13.9 Å². The Morgan fingerprint density at radius 3 is 2.00 bits per heavy atom. The van der Waals surface area contributed by atoms with Crippen molar-refractivity contribution in [2.24, 2.45) is 5.73 Å². The Bertz CT molecular complexity index is 1440. The number of nitrogens with two attached hydrogens (primary N) is 1. The summed E-state index contributed by atoms with van der Waals surface area (Å²) in [7, 11) is -3.91. The highest BCUT2D eigenvalue weighted by atomic mass is 32.2. The van der Waals surface area contributed by atoms with E-state index in [1.54, 1.807) is 60.7 Å². The van der Waals surface area contributed by atoms with Gasteiger partial charge in [-0.05, 0) is 60.2 Å². The van der Waals surface area contributed by atoms with Gasteiger partial charge >= 0.3 is 0 Å². The Labute approximate surface area is 203 Å². The quantitative estimate of drug-likeness (QED) is 0.385. The minimum absolute atomic E-state index is 0.0950. The molecule has 35 heavy (non-hydrogen) atoms. The van der Waals surface area contributed by atoms with E-state index in [4.69, 9.17) is 5.73 Å². The third kappa shape index (κ3) is 5.56. The van der Waals surface area contributed by atoms with Crippen LogP contribution in [0.2, 0.25) is 0 Å². The van der Waals surface area contributed by atoms with Crippen LogP contribution in [0, 0.1) is 0 Å². The number of benzene rings is 4. The molecule has 0 heterocycles. The molecule has 7 nitrogen and oxygen atoms in total. The average Bonchev–Trinajstić information content (AvgIpc) is 2.88. The molecule has 0 radical (unpaired) electrons. The van der Waals surface area contributed by atoms with Gasteiger partial charge in [0.15, 0.2) is 0 Å². The number of amides is 2. The lowest BCUT2D eigenvalue weighted by Gasteiger charge is -2.25. The predicted octanol–water partition coefficient (Wildman–Crippen LogP) is 4.43. The highest BCUT2D eigenvalue weighted by Crippen LogP contribution is 2.27. The third-order valence-electron chi connectivity index (χ3n) is 5.32. The summed E-state index contributed by atoms with van der Waals surface area (Å²) in [5.41, 5.74) is 7.49. The molecule has 0 saturated heterocycles. The minimum atomic E-state index is -3.91. The van der Waals surface area contributed by atoms with Crippen LogP contribution in [0.15, 0.2) is 114 Å². The standard InChI is InChI=1S/C27H23N3O4S/c28-26(31)21-14-16-23(17-15-21)29-27(32)22-10-7-11-24(18-22)30(19-20-8-3-1-4-9-20)35(33,34)25-12-5-2-6-13-25/h1-18H,19H2,(H2,28,31)(H,29,32). The Morgan fingerprint density at radius 1 is 0.743 bits per heavy atom. The molecule has 0 aliphatic rings. The lowest BCUT2D eigenvalue weighted by Crippen LogP contribution is -2.30. The third-order valence-corrected chi connectivity index (χ3v) is 7.11. The monoisotopic (exact) mass is 485 g/mol. The number of carbonyl (C=O) groups excluding carboxylic acids is 2. The van der Waals surface area contributed by atoms with Crippen molar-refractivity contribution in [1.29, 1.82) is 0 Å². The van der Waals surface area contributed by atoms with Gasteiger partial charge in [-0.2, -0.15) is 0 Å². The number of carbonyl (C=O) groups is 2. The van der Waals surface area contributed by atoms with Crippen molar-refractivity contribution in [2.45, 2.75) is 11.4 Å². The number of rotatable bonds is 8. The Kier molecular flexibility index (Phi) is 6.93. The molecule has 0 aromatic heterocycles. The molecule has 0 saturated carbocycles. The molecule has 0 bridgehead atoms. The fourth-order valence-corrected chi connectivity index (χ4v) is 4.97. The van der Waals surface area contributed by atoms with Crippen molar-refractivity contribution in [3.8, 4) is 0 Å². The summed E-state index contributed by atoms with van der Waals surface area (Å²) in [6, 6.07) is 30.0. The lowest BCUT2D eigenvalue weighted by molar-refractivity contribution is 0.0998. The highest BCUT2D eigenvalue weighted by Gasteiger charge is 2.25. The van der Waals surface area contributed by atoms with Crippen LogP contribution in [0.3, 0.4) is 0 Å². The molecular weight excluding hydrogens is 462 g/mol. The first-order chi connectivity index (χ1) is 16.8. The van der Waals surface area contributed by atoms with Crippen LogP contribution in [0.4, 0.5) is 11.4 Å². The zero-order valence-corrected chi connectivity index (χ0v) is 19.5. The van der Waals surface area contributed by atoms with Crippen molar-refractivity contribution in [3.05, 3.63) is 126 Å². The SMILES string of the molecule is NC(=O)c1ccc(NC(=O)c2cccc(N(Cc3ccccc3)S(=O)(=O)c3ccccc3)c2)cc1. The fraction of sp³-hybridized carbons (Fsp3) is 0.0370. The zero-order valence-electron chi connectivity index (χ0n) is 18.7. The molecule has 0 aliphatic heterocycles. The summed E-state index contributed by atoms with van der Waals surface area (Å²) in [5, 5.41) is 2.75. The number of nitrogens with one attached hydrogen (secondary N) is 1. The van der Waals surface area contributed by atoms with Crippen molar-refractivity contribution >= 4 is 33.2 Å². The van der Waals surface area contributed by atoms with Gasteiger partial charge in [0, 0.05) is 16.8 Å². The van der Waals surface area contributed by atoms with Crippen LogP contribution >= 0.6 is 0 Å². The summed E-state index contributed by atoms with van der Waals surface area (Å²) in [5.74, 6) is -0.982. The predicted molar refractivity (Wildman–Crippen MR) is 136 cm³/mol. The van der Waals surface area contributed by atoms with E-state index in [9.17, 15) is 18.0 Å². The van der Waals surface area contributed by atoms with Crippen LogP contribution in [0.25, 0.3) is 0 Å². The number of anilines is 2. The molecule has 0 atom stereocenters. The van der Waals surface area contributed by atoms with E-state index >= 15 is 0 Å². The first-order valence-corrected chi connectivity index (χ1v) is 12.2. The first-order valence-electron chi connectivity index (χ1n) is 10.8. The summed E-state index contributed by atoms with van der Waals surface area (Å²) >= 11 is 0. The molecular formula is C27H23N3O4S. The first kappa shape index (κ1) is 23.7. The van der Waals surface area contributed by atoms with E-state index in [1.165, 1.54) is 22.5 Å². The molecule has 0 unspecified atom stereocenters. The zero-order chi connectivity index (χ0) is 24.8. The average molecular weight is 486 g/mol. The van der Waals surface area contributed by atoms with Gasteiger partial charge in [0.05, 0.1) is 17.1 Å². The van der Waals surface area contributed by atoms with E-state index in [0.29, 0.717) is 16.9 Å². The maximum atomic E-state index is 13.6. The molecule has 0 fully saturated rings. The molecule has 3 N–H and O–H groups in total. The van der Waals surface area contributed by atoms with Gasteiger partial charge < -0.3 is 11.1 Å². The number of nitrogens with zero attached hydrogens (tertiary/aromatic N) is 1. The van der Waals surface area contributed by atoms with Gasteiger partial charge in [-0.15, -0.1) is 0 Å². The topological polar surface area (TPSA) is 110 Å². The lowest BCUT2D eigenvalue weighted by atomic mass is 10.1. The molecule has 176 valence electrons. The van der Waals surface area contributed by atoms with Crippen molar-refractivity contribution in [3.63, 3.8) is 0 Å². The highest BCUT2D eigenvalue weighted by molar-refractivity contribution is 7.92. The van der Waals surface area contributed by atoms with E-state index in [0.717, 1.165) is 5.56 Å². The van der Waals surface area contributed by atoms with Crippen LogP contribution in [0.5, 0.6) is 0 Å². The van der Waals surface area contributed by atoms with E-state index < -0.39 is 21.8 Å². The van der Waals surface area contributed by atoms with Crippen LogP contribution in [0.1, 0.15) is 26.3 Å². The molecule has 2 amide bonds. The Morgan fingerprint density at radius 2 is 1.37 bits per heavy atom. The maximum absolute atomic E-state index is 13.6.